The molecule has 0 saturated carbocycles. The van der Waals surface area contributed by atoms with E-state index in [1.807, 2.05) is 51.1 Å². The summed E-state index contributed by atoms with van der Waals surface area (Å²) in [5.74, 6) is -0.233. The Morgan fingerprint density at radius 3 is 2.25 bits per heavy atom. The van der Waals surface area contributed by atoms with Gasteiger partial charge < -0.3 is 14.5 Å². The molecule has 1 fully saturated rings. The number of benzene rings is 2. The molecule has 0 unspecified atom stereocenters. The lowest BCUT2D eigenvalue weighted by molar-refractivity contribution is 0.0204. The summed E-state index contributed by atoms with van der Waals surface area (Å²) in [7, 11) is 0. The molecule has 150 valence electrons. The number of hydrogen-bond donors (Lipinski definition) is 0. The van der Waals surface area contributed by atoms with Gasteiger partial charge in [-0.05, 0) is 63.4 Å². The van der Waals surface area contributed by atoms with Crippen LogP contribution in [0.25, 0.3) is 0 Å². The van der Waals surface area contributed by atoms with Crippen LogP contribution < -0.4 is 4.90 Å². The Bertz CT molecular complexity index is 763. The summed E-state index contributed by atoms with van der Waals surface area (Å²) >= 11 is 0. The highest BCUT2D eigenvalue weighted by Gasteiger charge is 2.29. The lowest BCUT2D eigenvalue weighted by atomic mass is 10.0. The number of likely N-dealkylation sites (tertiary alicyclic amines) is 1. The molecule has 1 heterocycles. The van der Waals surface area contributed by atoms with Gasteiger partial charge in [0.15, 0.2) is 0 Å². The smallest absolute Gasteiger partial charge is 0.410 e. The van der Waals surface area contributed by atoms with Crippen molar-refractivity contribution in [3.8, 4) is 0 Å². The number of anilines is 1. The molecule has 1 amide bonds. The van der Waals surface area contributed by atoms with Crippen LogP contribution in [0.15, 0.2) is 54.6 Å². The van der Waals surface area contributed by atoms with Gasteiger partial charge in [-0.25, -0.2) is 9.18 Å². The Kier molecular flexibility index (Phi) is 6.22. The SMILES string of the molecule is CC(C)(C)OC(=O)N1CCC(N(Cc2ccccc2)c2ccc(F)cc2)CC1. The number of carbonyl (C=O) groups is 1. The zero-order valence-electron chi connectivity index (χ0n) is 16.9. The monoisotopic (exact) mass is 384 g/mol. The molecule has 1 aliphatic heterocycles. The molecule has 0 N–H and O–H groups in total. The van der Waals surface area contributed by atoms with Gasteiger partial charge in [-0.1, -0.05) is 30.3 Å². The largest absolute Gasteiger partial charge is 0.444 e. The third-order valence-corrected chi connectivity index (χ3v) is 4.91. The van der Waals surface area contributed by atoms with Gasteiger partial charge in [0.05, 0.1) is 0 Å². The molecule has 0 radical (unpaired) electrons. The molecule has 0 spiro atoms. The number of ether oxygens (including phenoxy) is 1. The average Bonchev–Trinajstić information content (AvgIpc) is 2.67. The standard InChI is InChI=1S/C23H29FN2O2/c1-23(2,3)28-22(27)25-15-13-21(14-16-25)26(17-18-7-5-4-6-8-18)20-11-9-19(24)10-12-20/h4-12,21H,13-17H2,1-3H3. The highest BCUT2D eigenvalue weighted by Crippen LogP contribution is 2.27. The van der Waals surface area contributed by atoms with Crippen LogP contribution in [-0.2, 0) is 11.3 Å². The topological polar surface area (TPSA) is 32.8 Å². The number of nitrogens with zero attached hydrogens (tertiary/aromatic N) is 2. The number of halogens is 1. The molecule has 5 heteroatoms. The van der Waals surface area contributed by atoms with Gasteiger partial charge in [-0.3, -0.25) is 0 Å². The lowest BCUT2D eigenvalue weighted by Crippen LogP contribution is -2.48. The quantitative estimate of drug-likeness (QED) is 0.723. The minimum absolute atomic E-state index is 0.233. The molecule has 1 saturated heterocycles. The Morgan fingerprint density at radius 2 is 1.68 bits per heavy atom. The summed E-state index contributed by atoms with van der Waals surface area (Å²) in [6.07, 6.45) is 1.45. The van der Waals surface area contributed by atoms with E-state index in [2.05, 4.69) is 17.0 Å². The number of hydrogen-bond acceptors (Lipinski definition) is 3. The molecule has 4 nitrogen and oxygen atoms in total. The van der Waals surface area contributed by atoms with Crippen molar-refractivity contribution in [2.24, 2.45) is 0 Å². The molecular weight excluding hydrogens is 355 g/mol. The first-order valence-electron chi connectivity index (χ1n) is 9.86. The van der Waals surface area contributed by atoms with Crippen molar-refractivity contribution >= 4 is 11.8 Å². The first-order chi connectivity index (χ1) is 13.3. The second kappa shape index (κ2) is 8.63. The molecule has 0 bridgehead atoms. The lowest BCUT2D eigenvalue weighted by Gasteiger charge is -2.40. The predicted molar refractivity (Wildman–Crippen MR) is 110 cm³/mol. The summed E-state index contributed by atoms with van der Waals surface area (Å²) in [6, 6.07) is 17.2. The number of piperidine rings is 1. The summed E-state index contributed by atoms with van der Waals surface area (Å²) in [4.78, 5) is 16.4. The predicted octanol–water partition coefficient (Wildman–Crippen LogP) is 5.23. The van der Waals surface area contributed by atoms with Crippen molar-refractivity contribution in [1.29, 1.82) is 0 Å². The summed E-state index contributed by atoms with van der Waals surface area (Å²) in [5, 5.41) is 0. The fourth-order valence-electron chi connectivity index (χ4n) is 3.53. The fraction of sp³-hybridized carbons (Fsp3) is 0.435. The number of rotatable bonds is 4. The van der Waals surface area contributed by atoms with Crippen LogP contribution in [0.1, 0.15) is 39.2 Å². The van der Waals surface area contributed by atoms with E-state index < -0.39 is 5.60 Å². The Morgan fingerprint density at radius 1 is 1.07 bits per heavy atom. The minimum atomic E-state index is -0.485. The Hall–Kier alpha value is -2.56. The van der Waals surface area contributed by atoms with E-state index in [4.69, 9.17) is 4.74 Å². The average molecular weight is 384 g/mol. The van der Waals surface area contributed by atoms with Crippen LogP contribution in [0.4, 0.5) is 14.9 Å². The highest BCUT2D eigenvalue weighted by atomic mass is 19.1. The second-order valence-electron chi connectivity index (χ2n) is 8.29. The maximum Gasteiger partial charge on any atom is 0.410 e. The summed E-state index contributed by atoms with van der Waals surface area (Å²) in [5.41, 5.74) is 1.73. The van der Waals surface area contributed by atoms with Crippen LogP contribution in [-0.4, -0.2) is 35.7 Å². The van der Waals surface area contributed by atoms with Gasteiger partial charge >= 0.3 is 6.09 Å². The van der Waals surface area contributed by atoms with Gasteiger partial charge in [0.25, 0.3) is 0 Å². The first kappa shape index (κ1) is 20.2. The first-order valence-corrected chi connectivity index (χ1v) is 9.86. The van der Waals surface area contributed by atoms with Crippen molar-refractivity contribution in [2.75, 3.05) is 18.0 Å². The van der Waals surface area contributed by atoms with E-state index >= 15 is 0 Å². The molecule has 0 atom stereocenters. The van der Waals surface area contributed by atoms with Crippen molar-refractivity contribution in [3.05, 3.63) is 66.0 Å². The Balaban J connectivity index is 1.71. The van der Waals surface area contributed by atoms with Crippen LogP contribution in [0, 0.1) is 5.82 Å². The second-order valence-corrected chi connectivity index (χ2v) is 8.29. The van der Waals surface area contributed by atoms with Gasteiger partial charge in [0, 0.05) is 31.4 Å². The molecule has 0 aliphatic carbocycles. The van der Waals surface area contributed by atoms with E-state index in [9.17, 15) is 9.18 Å². The van der Waals surface area contributed by atoms with Crippen molar-refractivity contribution in [1.82, 2.24) is 4.90 Å². The van der Waals surface area contributed by atoms with Gasteiger partial charge in [-0.2, -0.15) is 0 Å². The molecular formula is C23H29FN2O2. The zero-order chi connectivity index (χ0) is 20.1. The molecule has 3 rings (SSSR count). The zero-order valence-corrected chi connectivity index (χ0v) is 16.9. The van der Waals surface area contributed by atoms with Crippen molar-refractivity contribution in [2.45, 2.75) is 51.8 Å². The summed E-state index contributed by atoms with van der Waals surface area (Å²) in [6.45, 7) is 7.72. The molecule has 2 aromatic carbocycles. The summed E-state index contributed by atoms with van der Waals surface area (Å²) < 4.78 is 18.9. The van der Waals surface area contributed by atoms with E-state index in [1.54, 1.807) is 4.90 Å². The maximum atomic E-state index is 13.4. The highest BCUT2D eigenvalue weighted by molar-refractivity contribution is 5.68. The number of amides is 1. The minimum Gasteiger partial charge on any atom is -0.444 e. The molecule has 1 aliphatic rings. The molecule has 0 aromatic heterocycles. The van der Waals surface area contributed by atoms with Crippen molar-refractivity contribution in [3.63, 3.8) is 0 Å². The van der Waals surface area contributed by atoms with E-state index in [1.165, 1.54) is 17.7 Å². The van der Waals surface area contributed by atoms with E-state index in [-0.39, 0.29) is 18.0 Å². The third-order valence-electron chi connectivity index (χ3n) is 4.91. The maximum absolute atomic E-state index is 13.4. The van der Waals surface area contributed by atoms with E-state index in [0.29, 0.717) is 13.1 Å². The van der Waals surface area contributed by atoms with Crippen molar-refractivity contribution < 1.29 is 13.9 Å². The normalized spacial score (nSPS) is 15.4. The van der Waals surface area contributed by atoms with Gasteiger partial charge in [0.2, 0.25) is 0 Å². The molecule has 28 heavy (non-hydrogen) atoms. The van der Waals surface area contributed by atoms with Crippen LogP contribution >= 0.6 is 0 Å². The molecule has 2 aromatic rings. The van der Waals surface area contributed by atoms with Gasteiger partial charge in [0.1, 0.15) is 11.4 Å². The van der Waals surface area contributed by atoms with Crippen LogP contribution in [0.2, 0.25) is 0 Å². The Labute approximate surface area is 166 Å². The van der Waals surface area contributed by atoms with Gasteiger partial charge in [-0.15, -0.1) is 0 Å². The number of carbonyl (C=O) groups excluding carboxylic acids is 1. The van der Waals surface area contributed by atoms with Crippen LogP contribution in [0.3, 0.4) is 0 Å². The third kappa shape index (κ3) is 5.47. The fourth-order valence-corrected chi connectivity index (χ4v) is 3.53. The van der Waals surface area contributed by atoms with E-state index in [0.717, 1.165) is 25.1 Å². The van der Waals surface area contributed by atoms with Crippen LogP contribution in [0.5, 0.6) is 0 Å².